The van der Waals surface area contributed by atoms with E-state index in [1.807, 2.05) is 0 Å². The molecule has 3 nitrogen and oxygen atoms in total. The molecular weight excluding hydrogens is 267 g/mol. The summed E-state index contributed by atoms with van der Waals surface area (Å²) in [6.07, 6.45) is 7.46. The highest BCUT2D eigenvalue weighted by molar-refractivity contribution is 5.75. The second kappa shape index (κ2) is 10.3. The third-order valence-electron chi connectivity index (χ3n) is 3.59. The van der Waals surface area contributed by atoms with Gasteiger partial charge >= 0.3 is 0 Å². The van der Waals surface area contributed by atoms with Crippen LogP contribution in [0.4, 0.5) is 4.39 Å². The van der Waals surface area contributed by atoms with Crippen LogP contribution >= 0.6 is 0 Å². The number of unbranched alkanes of at least 4 members (excludes halogenated alkanes) is 5. The highest BCUT2D eigenvalue weighted by Crippen LogP contribution is 2.10. The molecule has 1 aromatic carbocycles. The first-order valence-corrected chi connectivity index (χ1v) is 7.91. The monoisotopic (exact) mass is 294 g/mol. The Balaban J connectivity index is 2.21. The van der Waals surface area contributed by atoms with Crippen molar-refractivity contribution in [3.05, 3.63) is 35.1 Å². The van der Waals surface area contributed by atoms with Crippen LogP contribution in [0.5, 0.6) is 0 Å². The van der Waals surface area contributed by atoms with Crippen molar-refractivity contribution in [3.8, 4) is 0 Å². The third kappa shape index (κ3) is 7.23. The summed E-state index contributed by atoms with van der Waals surface area (Å²) in [5, 5.41) is 2.77. The van der Waals surface area contributed by atoms with E-state index in [1.165, 1.54) is 31.7 Å². The largest absolute Gasteiger partial charge is 0.352 e. The van der Waals surface area contributed by atoms with Crippen LogP contribution in [0.15, 0.2) is 18.2 Å². The number of amides is 1. The van der Waals surface area contributed by atoms with E-state index in [4.69, 9.17) is 5.73 Å². The predicted molar refractivity (Wildman–Crippen MR) is 84.1 cm³/mol. The van der Waals surface area contributed by atoms with Crippen LogP contribution < -0.4 is 11.1 Å². The van der Waals surface area contributed by atoms with Crippen LogP contribution in [-0.2, 0) is 17.9 Å². The number of nitrogens with two attached hydrogens (primary N) is 1. The summed E-state index contributed by atoms with van der Waals surface area (Å²) in [5.41, 5.74) is 6.72. The van der Waals surface area contributed by atoms with Gasteiger partial charge in [-0.2, -0.15) is 0 Å². The lowest BCUT2D eigenvalue weighted by Crippen LogP contribution is -2.23. The van der Waals surface area contributed by atoms with E-state index in [0.717, 1.165) is 18.4 Å². The summed E-state index contributed by atoms with van der Waals surface area (Å²) in [4.78, 5) is 11.7. The Bertz CT molecular complexity index is 435. The topological polar surface area (TPSA) is 55.1 Å². The molecule has 0 saturated carbocycles. The molecule has 0 unspecified atom stereocenters. The lowest BCUT2D eigenvalue weighted by atomic mass is 10.1. The van der Waals surface area contributed by atoms with E-state index in [0.29, 0.717) is 18.5 Å². The summed E-state index contributed by atoms with van der Waals surface area (Å²) < 4.78 is 13.7. The number of carbonyl (C=O) groups excluding carboxylic acids is 1. The Hall–Kier alpha value is -1.42. The normalized spacial score (nSPS) is 10.6. The van der Waals surface area contributed by atoms with Gasteiger partial charge in [0, 0.05) is 25.1 Å². The number of halogens is 1. The minimum atomic E-state index is -0.308. The molecule has 0 atom stereocenters. The molecule has 0 aromatic heterocycles. The first kappa shape index (κ1) is 17.6. The molecule has 1 aromatic rings. The molecule has 3 N–H and O–H groups in total. The zero-order valence-electron chi connectivity index (χ0n) is 13.0. The number of carbonyl (C=O) groups is 1. The van der Waals surface area contributed by atoms with Crippen molar-refractivity contribution in [1.29, 1.82) is 0 Å². The molecular formula is C17H27FN2O. The highest BCUT2D eigenvalue weighted by Gasteiger charge is 2.06. The molecule has 0 spiro atoms. The van der Waals surface area contributed by atoms with Crippen LogP contribution in [0.3, 0.4) is 0 Å². The van der Waals surface area contributed by atoms with Crippen molar-refractivity contribution in [3.63, 3.8) is 0 Å². The highest BCUT2D eigenvalue weighted by atomic mass is 19.1. The van der Waals surface area contributed by atoms with Crippen molar-refractivity contribution in [2.24, 2.45) is 5.73 Å². The zero-order chi connectivity index (χ0) is 15.5. The van der Waals surface area contributed by atoms with Crippen LogP contribution in [0.2, 0.25) is 0 Å². The van der Waals surface area contributed by atoms with Gasteiger partial charge in [-0.05, 0) is 18.1 Å². The molecule has 0 aliphatic carbocycles. The summed E-state index contributed by atoms with van der Waals surface area (Å²) in [5.74, 6) is -0.314. The van der Waals surface area contributed by atoms with Gasteiger partial charge in [0.05, 0.1) is 0 Å². The third-order valence-corrected chi connectivity index (χ3v) is 3.59. The Morgan fingerprint density at radius 1 is 1.19 bits per heavy atom. The van der Waals surface area contributed by atoms with Crippen LogP contribution in [0.1, 0.15) is 63.0 Å². The smallest absolute Gasteiger partial charge is 0.220 e. The van der Waals surface area contributed by atoms with E-state index in [9.17, 15) is 9.18 Å². The summed E-state index contributed by atoms with van der Waals surface area (Å²) in [6.45, 7) is 2.75. The molecule has 0 fully saturated rings. The number of hydrogen-bond donors (Lipinski definition) is 2. The van der Waals surface area contributed by atoms with Gasteiger partial charge in [0.15, 0.2) is 0 Å². The SMILES string of the molecule is CCCCCCCCC(=O)NCc1ccc(CN)cc1F. The van der Waals surface area contributed by atoms with Crippen molar-refractivity contribution >= 4 is 5.91 Å². The van der Waals surface area contributed by atoms with E-state index in [-0.39, 0.29) is 18.3 Å². The molecule has 4 heteroatoms. The van der Waals surface area contributed by atoms with Gasteiger partial charge < -0.3 is 11.1 Å². The van der Waals surface area contributed by atoms with Gasteiger partial charge in [-0.3, -0.25) is 4.79 Å². The second-order valence-electron chi connectivity index (χ2n) is 5.42. The standard InChI is InChI=1S/C17H27FN2O/c1-2-3-4-5-6-7-8-17(21)20-13-15-10-9-14(12-19)11-16(15)18/h9-11H,2-8,12-13,19H2,1H3,(H,20,21). The molecule has 0 bridgehead atoms. The summed E-state index contributed by atoms with van der Waals surface area (Å²) in [6, 6.07) is 4.90. The average molecular weight is 294 g/mol. The molecule has 21 heavy (non-hydrogen) atoms. The molecule has 1 rings (SSSR count). The van der Waals surface area contributed by atoms with Gasteiger partial charge in [0.25, 0.3) is 0 Å². The van der Waals surface area contributed by atoms with Crippen molar-refractivity contribution < 1.29 is 9.18 Å². The first-order chi connectivity index (χ1) is 10.2. The molecule has 0 aliphatic heterocycles. The van der Waals surface area contributed by atoms with Crippen LogP contribution in [0.25, 0.3) is 0 Å². The van der Waals surface area contributed by atoms with Gasteiger partial charge in [0.2, 0.25) is 5.91 Å². The van der Waals surface area contributed by atoms with E-state index in [2.05, 4.69) is 12.2 Å². The second-order valence-corrected chi connectivity index (χ2v) is 5.42. The van der Waals surface area contributed by atoms with Crippen molar-refractivity contribution in [2.45, 2.75) is 65.0 Å². The predicted octanol–water partition coefficient (Wildman–Crippen LogP) is 3.65. The minimum Gasteiger partial charge on any atom is -0.352 e. The van der Waals surface area contributed by atoms with E-state index in [1.54, 1.807) is 12.1 Å². The average Bonchev–Trinajstić information content (AvgIpc) is 2.49. The maximum atomic E-state index is 13.7. The molecule has 0 heterocycles. The maximum Gasteiger partial charge on any atom is 0.220 e. The molecule has 0 aliphatic rings. The number of rotatable bonds is 10. The Labute approximate surface area is 127 Å². The fraction of sp³-hybridized carbons (Fsp3) is 0.588. The Morgan fingerprint density at radius 3 is 2.57 bits per heavy atom. The van der Waals surface area contributed by atoms with Crippen LogP contribution in [-0.4, -0.2) is 5.91 Å². The number of hydrogen-bond acceptors (Lipinski definition) is 2. The van der Waals surface area contributed by atoms with Gasteiger partial charge in [-0.15, -0.1) is 0 Å². The minimum absolute atomic E-state index is 0.00667. The van der Waals surface area contributed by atoms with Crippen molar-refractivity contribution in [1.82, 2.24) is 5.32 Å². The number of benzene rings is 1. The lowest BCUT2D eigenvalue weighted by Gasteiger charge is -2.07. The van der Waals surface area contributed by atoms with E-state index < -0.39 is 0 Å². The molecule has 0 saturated heterocycles. The molecule has 1 amide bonds. The fourth-order valence-electron chi connectivity index (χ4n) is 2.21. The zero-order valence-corrected chi connectivity index (χ0v) is 13.0. The van der Waals surface area contributed by atoms with Gasteiger partial charge in [-0.25, -0.2) is 4.39 Å². The van der Waals surface area contributed by atoms with E-state index >= 15 is 0 Å². The molecule has 0 radical (unpaired) electrons. The van der Waals surface area contributed by atoms with Gasteiger partial charge in [0.1, 0.15) is 5.82 Å². The maximum absolute atomic E-state index is 13.7. The quantitative estimate of drug-likeness (QED) is 0.647. The van der Waals surface area contributed by atoms with Crippen LogP contribution in [0, 0.1) is 5.82 Å². The summed E-state index contributed by atoms with van der Waals surface area (Å²) in [7, 11) is 0. The van der Waals surface area contributed by atoms with Gasteiger partial charge in [-0.1, -0.05) is 51.2 Å². The first-order valence-electron chi connectivity index (χ1n) is 7.91. The fourth-order valence-corrected chi connectivity index (χ4v) is 2.21. The Kier molecular flexibility index (Phi) is 8.67. The number of nitrogens with one attached hydrogen (secondary N) is 1. The Morgan fingerprint density at radius 2 is 1.90 bits per heavy atom. The lowest BCUT2D eigenvalue weighted by molar-refractivity contribution is -0.121. The summed E-state index contributed by atoms with van der Waals surface area (Å²) >= 11 is 0. The molecule has 118 valence electrons. The van der Waals surface area contributed by atoms with Crippen molar-refractivity contribution in [2.75, 3.05) is 0 Å².